The predicted molar refractivity (Wildman–Crippen MR) is 110 cm³/mol. The van der Waals surface area contributed by atoms with E-state index in [9.17, 15) is 19.2 Å². The van der Waals surface area contributed by atoms with E-state index in [1.165, 1.54) is 4.90 Å². The topological polar surface area (TPSA) is 90.0 Å². The standard InChI is InChI=1S/C22H28N4O4/c1-15-4-7-17-18(13-15)22(30)26(21(17)29)8-2-3-20(28)25-11-9-24(10-12-25)14-19(27)23-16-5-6-16/h4,7,13,16H,2-3,5-6,8-12,14H2,1H3,(H,23,27). The zero-order valence-corrected chi connectivity index (χ0v) is 17.4. The van der Waals surface area contributed by atoms with Gasteiger partial charge in [-0.25, -0.2) is 0 Å². The Morgan fingerprint density at radius 3 is 2.43 bits per heavy atom. The van der Waals surface area contributed by atoms with Crippen LogP contribution in [0.25, 0.3) is 0 Å². The smallest absolute Gasteiger partial charge is 0.261 e. The number of aryl methyl sites for hydroxylation is 1. The summed E-state index contributed by atoms with van der Waals surface area (Å²) in [6.07, 6.45) is 2.91. The summed E-state index contributed by atoms with van der Waals surface area (Å²) < 4.78 is 0. The van der Waals surface area contributed by atoms with Gasteiger partial charge in [-0.3, -0.25) is 29.0 Å². The summed E-state index contributed by atoms with van der Waals surface area (Å²) in [5, 5.41) is 2.99. The molecule has 0 atom stereocenters. The number of benzene rings is 1. The van der Waals surface area contributed by atoms with Crippen LogP contribution in [0.1, 0.15) is 52.0 Å². The minimum atomic E-state index is -0.277. The molecule has 4 rings (SSSR count). The molecule has 0 spiro atoms. The van der Waals surface area contributed by atoms with Crippen molar-refractivity contribution >= 4 is 23.6 Å². The summed E-state index contributed by atoms with van der Waals surface area (Å²) in [5.41, 5.74) is 1.84. The molecule has 0 bridgehead atoms. The molecule has 2 aliphatic heterocycles. The molecule has 3 aliphatic rings. The van der Waals surface area contributed by atoms with Gasteiger partial charge in [0.25, 0.3) is 11.8 Å². The first-order chi connectivity index (χ1) is 14.4. The molecule has 8 heteroatoms. The summed E-state index contributed by atoms with van der Waals surface area (Å²) in [5.74, 6) is -0.456. The van der Waals surface area contributed by atoms with Crippen molar-refractivity contribution in [2.24, 2.45) is 0 Å². The second kappa shape index (κ2) is 8.55. The molecule has 1 aliphatic carbocycles. The number of carbonyl (C=O) groups excluding carboxylic acids is 4. The van der Waals surface area contributed by atoms with E-state index in [0.717, 1.165) is 18.4 Å². The zero-order chi connectivity index (χ0) is 21.3. The molecule has 0 radical (unpaired) electrons. The average molecular weight is 412 g/mol. The van der Waals surface area contributed by atoms with Gasteiger partial charge >= 0.3 is 0 Å². The molecule has 4 amide bonds. The average Bonchev–Trinajstić information content (AvgIpc) is 3.50. The van der Waals surface area contributed by atoms with E-state index in [1.807, 2.05) is 13.0 Å². The molecule has 30 heavy (non-hydrogen) atoms. The van der Waals surface area contributed by atoms with E-state index in [2.05, 4.69) is 10.2 Å². The third-order valence-corrected chi connectivity index (χ3v) is 5.93. The Morgan fingerprint density at radius 2 is 1.73 bits per heavy atom. The summed E-state index contributed by atoms with van der Waals surface area (Å²) in [6.45, 7) is 5.08. The highest BCUT2D eigenvalue weighted by molar-refractivity contribution is 6.21. The van der Waals surface area contributed by atoms with Crippen LogP contribution < -0.4 is 5.32 Å². The summed E-state index contributed by atoms with van der Waals surface area (Å²) in [4.78, 5) is 54.5. The van der Waals surface area contributed by atoms with Crippen LogP contribution in [0, 0.1) is 6.92 Å². The fraction of sp³-hybridized carbons (Fsp3) is 0.545. The minimum Gasteiger partial charge on any atom is -0.352 e. The molecule has 0 aromatic heterocycles. The monoisotopic (exact) mass is 412 g/mol. The number of hydrogen-bond acceptors (Lipinski definition) is 5. The maximum Gasteiger partial charge on any atom is 0.261 e. The first-order valence-corrected chi connectivity index (χ1v) is 10.7. The van der Waals surface area contributed by atoms with E-state index in [0.29, 0.717) is 62.7 Å². The molecular formula is C22H28N4O4. The van der Waals surface area contributed by atoms with Gasteiger partial charge in [0.05, 0.1) is 17.7 Å². The van der Waals surface area contributed by atoms with Crippen LogP contribution in [-0.4, -0.2) is 83.6 Å². The zero-order valence-electron chi connectivity index (χ0n) is 17.4. The predicted octanol–water partition coefficient (Wildman–Crippen LogP) is 0.794. The van der Waals surface area contributed by atoms with Crippen LogP contribution in [0.4, 0.5) is 0 Å². The first-order valence-electron chi connectivity index (χ1n) is 10.7. The molecule has 8 nitrogen and oxygen atoms in total. The van der Waals surface area contributed by atoms with E-state index in [4.69, 9.17) is 0 Å². The maximum absolute atomic E-state index is 12.5. The fourth-order valence-corrected chi connectivity index (χ4v) is 4.01. The Labute approximate surface area is 176 Å². The fourth-order valence-electron chi connectivity index (χ4n) is 4.01. The number of hydrogen-bond donors (Lipinski definition) is 1. The van der Waals surface area contributed by atoms with Crippen molar-refractivity contribution in [2.75, 3.05) is 39.3 Å². The number of carbonyl (C=O) groups is 4. The van der Waals surface area contributed by atoms with E-state index in [-0.39, 0.29) is 30.2 Å². The van der Waals surface area contributed by atoms with Crippen molar-refractivity contribution in [3.8, 4) is 0 Å². The number of nitrogens with one attached hydrogen (secondary N) is 1. The van der Waals surface area contributed by atoms with Gasteiger partial charge in [-0.1, -0.05) is 11.6 Å². The Morgan fingerprint density at radius 1 is 1.03 bits per heavy atom. The molecule has 1 aromatic carbocycles. The van der Waals surface area contributed by atoms with Crippen LogP contribution in [0.15, 0.2) is 18.2 Å². The van der Waals surface area contributed by atoms with Gasteiger partial charge in [0.1, 0.15) is 0 Å². The highest BCUT2D eigenvalue weighted by atomic mass is 16.2. The lowest BCUT2D eigenvalue weighted by atomic mass is 10.1. The van der Waals surface area contributed by atoms with Gasteiger partial charge in [0.15, 0.2) is 0 Å². The highest BCUT2D eigenvalue weighted by Gasteiger charge is 2.35. The lowest BCUT2D eigenvalue weighted by Crippen LogP contribution is -2.51. The number of nitrogens with zero attached hydrogens (tertiary/aromatic N) is 3. The van der Waals surface area contributed by atoms with Crippen molar-refractivity contribution < 1.29 is 19.2 Å². The molecule has 2 fully saturated rings. The van der Waals surface area contributed by atoms with E-state index < -0.39 is 0 Å². The minimum absolute atomic E-state index is 0.0320. The normalized spacial score (nSPS) is 19.2. The Hall–Kier alpha value is -2.74. The second-order valence-electron chi connectivity index (χ2n) is 8.41. The molecule has 2 heterocycles. The van der Waals surface area contributed by atoms with Crippen molar-refractivity contribution in [1.29, 1.82) is 0 Å². The highest BCUT2D eigenvalue weighted by Crippen LogP contribution is 2.24. The van der Waals surface area contributed by atoms with Crippen molar-refractivity contribution in [3.63, 3.8) is 0 Å². The molecular weight excluding hydrogens is 384 g/mol. The number of piperazine rings is 1. The summed E-state index contributed by atoms with van der Waals surface area (Å²) in [6, 6.07) is 5.63. The lowest BCUT2D eigenvalue weighted by molar-refractivity contribution is -0.133. The quantitative estimate of drug-likeness (QED) is 0.669. The largest absolute Gasteiger partial charge is 0.352 e. The van der Waals surface area contributed by atoms with Gasteiger partial charge in [-0.15, -0.1) is 0 Å². The summed E-state index contributed by atoms with van der Waals surface area (Å²) in [7, 11) is 0. The van der Waals surface area contributed by atoms with Gasteiger partial charge in [-0.2, -0.15) is 0 Å². The first kappa shape index (κ1) is 20.5. The number of amides is 4. The van der Waals surface area contributed by atoms with Crippen molar-refractivity contribution in [2.45, 2.75) is 38.6 Å². The van der Waals surface area contributed by atoms with Crippen LogP contribution in [0.2, 0.25) is 0 Å². The number of fused-ring (bicyclic) bond motifs is 1. The maximum atomic E-state index is 12.5. The Balaban J connectivity index is 1.19. The van der Waals surface area contributed by atoms with Crippen LogP contribution >= 0.6 is 0 Å². The van der Waals surface area contributed by atoms with Crippen LogP contribution in [0.3, 0.4) is 0 Å². The third kappa shape index (κ3) is 4.53. The number of rotatable bonds is 7. The molecule has 0 unspecified atom stereocenters. The Kier molecular flexibility index (Phi) is 5.85. The molecule has 1 N–H and O–H groups in total. The van der Waals surface area contributed by atoms with Gasteiger partial charge in [0, 0.05) is 45.2 Å². The van der Waals surface area contributed by atoms with E-state index >= 15 is 0 Å². The molecule has 160 valence electrons. The molecule has 1 saturated heterocycles. The van der Waals surface area contributed by atoms with Crippen LogP contribution in [0.5, 0.6) is 0 Å². The number of imide groups is 1. The lowest BCUT2D eigenvalue weighted by Gasteiger charge is -2.34. The molecule has 1 saturated carbocycles. The van der Waals surface area contributed by atoms with Gasteiger partial charge in [-0.05, 0) is 38.3 Å². The summed E-state index contributed by atoms with van der Waals surface area (Å²) >= 11 is 0. The third-order valence-electron chi connectivity index (χ3n) is 5.93. The second-order valence-corrected chi connectivity index (χ2v) is 8.41. The molecule has 1 aromatic rings. The van der Waals surface area contributed by atoms with Crippen molar-refractivity contribution in [3.05, 3.63) is 34.9 Å². The van der Waals surface area contributed by atoms with Crippen LogP contribution in [-0.2, 0) is 9.59 Å². The van der Waals surface area contributed by atoms with Gasteiger partial charge < -0.3 is 10.2 Å². The SMILES string of the molecule is Cc1ccc2c(c1)C(=O)N(CCCC(=O)N1CCN(CC(=O)NC3CC3)CC1)C2=O. The van der Waals surface area contributed by atoms with Crippen molar-refractivity contribution in [1.82, 2.24) is 20.0 Å². The Bertz CT molecular complexity index is 872. The van der Waals surface area contributed by atoms with Gasteiger partial charge in [0.2, 0.25) is 11.8 Å². The van der Waals surface area contributed by atoms with E-state index in [1.54, 1.807) is 17.0 Å².